The summed E-state index contributed by atoms with van der Waals surface area (Å²) in [7, 11) is 0. The van der Waals surface area contributed by atoms with Gasteiger partial charge in [-0.2, -0.15) is 0 Å². The third-order valence-corrected chi connectivity index (χ3v) is 3.74. The van der Waals surface area contributed by atoms with Crippen LogP contribution < -0.4 is 10.6 Å². The van der Waals surface area contributed by atoms with Crippen LogP contribution >= 0.6 is 0 Å². The van der Waals surface area contributed by atoms with E-state index in [1.165, 1.54) is 0 Å². The monoisotopic (exact) mass is 347 g/mol. The van der Waals surface area contributed by atoms with E-state index in [0.717, 1.165) is 10.5 Å². The summed E-state index contributed by atoms with van der Waals surface area (Å²) in [5, 5.41) is 5.14. The van der Waals surface area contributed by atoms with Crippen LogP contribution in [0.3, 0.4) is 0 Å². The van der Waals surface area contributed by atoms with Crippen molar-refractivity contribution in [2.75, 3.05) is 19.7 Å². The Balaban J connectivity index is 1.63. The number of ether oxygens (including phenoxy) is 1. The van der Waals surface area contributed by atoms with E-state index in [0.29, 0.717) is 6.42 Å². The third kappa shape index (κ3) is 5.59. The van der Waals surface area contributed by atoms with E-state index in [2.05, 4.69) is 10.6 Å². The van der Waals surface area contributed by atoms with Gasteiger partial charge in [-0.1, -0.05) is 30.3 Å². The Kier molecular flexibility index (Phi) is 6.50. The van der Waals surface area contributed by atoms with Crippen molar-refractivity contribution < 1.29 is 23.9 Å². The lowest BCUT2D eigenvalue weighted by atomic mass is 10.1. The number of amides is 4. The van der Waals surface area contributed by atoms with E-state index in [1.807, 2.05) is 37.3 Å². The van der Waals surface area contributed by atoms with Gasteiger partial charge in [0, 0.05) is 13.0 Å². The zero-order chi connectivity index (χ0) is 18.2. The Morgan fingerprint density at radius 1 is 1.28 bits per heavy atom. The van der Waals surface area contributed by atoms with Crippen LogP contribution in [0.4, 0.5) is 4.79 Å². The van der Waals surface area contributed by atoms with Crippen LogP contribution in [0.15, 0.2) is 30.3 Å². The fourth-order valence-electron chi connectivity index (χ4n) is 2.39. The SMILES string of the molecule is C[C@@H](NC(=O)COC(=O)CCCN1C(=O)CNC1=O)c1ccccc1. The Hall–Kier alpha value is -2.90. The highest BCUT2D eigenvalue weighted by atomic mass is 16.5. The molecule has 0 bridgehead atoms. The summed E-state index contributed by atoms with van der Waals surface area (Å²) < 4.78 is 4.90. The van der Waals surface area contributed by atoms with Crippen molar-refractivity contribution in [2.45, 2.75) is 25.8 Å². The summed E-state index contributed by atoms with van der Waals surface area (Å²) in [4.78, 5) is 47.2. The zero-order valence-electron chi connectivity index (χ0n) is 14.0. The van der Waals surface area contributed by atoms with Gasteiger partial charge in [-0.15, -0.1) is 0 Å². The molecular weight excluding hydrogens is 326 g/mol. The standard InChI is InChI=1S/C17H21N3O5/c1-12(13-6-3-2-4-7-13)19-14(21)11-25-16(23)8-5-9-20-15(22)10-18-17(20)24/h2-4,6-7,12H,5,8-11H2,1H3,(H,18,24)(H,19,21)/t12-/m1/s1. The lowest BCUT2D eigenvalue weighted by Crippen LogP contribution is -2.32. The van der Waals surface area contributed by atoms with Gasteiger partial charge in [0.2, 0.25) is 5.91 Å². The number of hydrogen-bond acceptors (Lipinski definition) is 5. The lowest BCUT2D eigenvalue weighted by molar-refractivity contribution is -0.149. The van der Waals surface area contributed by atoms with Gasteiger partial charge in [-0.25, -0.2) is 4.79 Å². The molecule has 1 atom stereocenters. The van der Waals surface area contributed by atoms with E-state index in [-0.39, 0.29) is 44.0 Å². The molecule has 4 amide bonds. The molecule has 0 unspecified atom stereocenters. The molecule has 25 heavy (non-hydrogen) atoms. The molecule has 0 spiro atoms. The summed E-state index contributed by atoms with van der Waals surface area (Å²) in [6.07, 6.45) is 0.318. The number of benzene rings is 1. The summed E-state index contributed by atoms with van der Waals surface area (Å²) in [6.45, 7) is 1.62. The summed E-state index contributed by atoms with van der Waals surface area (Å²) in [6, 6.07) is 8.80. The quantitative estimate of drug-likeness (QED) is 0.533. The van der Waals surface area contributed by atoms with Crippen LogP contribution in [0, 0.1) is 0 Å². The largest absolute Gasteiger partial charge is 0.456 e. The second kappa shape index (κ2) is 8.81. The maximum Gasteiger partial charge on any atom is 0.324 e. The van der Waals surface area contributed by atoms with Crippen molar-refractivity contribution >= 4 is 23.8 Å². The molecule has 8 nitrogen and oxygen atoms in total. The Morgan fingerprint density at radius 2 is 2.00 bits per heavy atom. The van der Waals surface area contributed by atoms with Crippen LogP contribution in [-0.2, 0) is 19.1 Å². The van der Waals surface area contributed by atoms with Gasteiger partial charge >= 0.3 is 12.0 Å². The predicted octanol–water partition coefficient (Wildman–Crippen LogP) is 0.739. The highest BCUT2D eigenvalue weighted by Gasteiger charge is 2.27. The van der Waals surface area contributed by atoms with Gasteiger partial charge in [0.05, 0.1) is 12.6 Å². The fourth-order valence-corrected chi connectivity index (χ4v) is 2.39. The summed E-state index contributed by atoms with van der Waals surface area (Å²) in [5.41, 5.74) is 0.954. The maximum atomic E-state index is 11.8. The van der Waals surface area contributed by atoms with E-state index in [4.69, 9.17) is 4.74 Å². The highest BCUT2D eigenvalue weighted by molar-refractivity contribution is 6.01. The van der Waals surface area contributed by atoms with E-state index in [1.54, 1.807) is 0 Å². The number of esters is 1. The topological polar surface area (TPSA) is 105 Å². The number of carbonyl (C=O) groups is 4. The molecular formula is C17H21N3O5. The van der Waals surface area contributed by atoms with Crippen molar-refractivity contribution in [2.24, 2.45) is 0 Å². The predicted molar refractivity (Wildman–Crippen MR) is 88.3 cm³/mol. The van der Waals surface area contributed by atoms with Crippen LogP contribution in [-0.4, -0.2) is 48.4 Å². The number of urea groups is 1. The molecule has 8 heteroatoms. The van der Waals surface area contributed by atoms with Crippen LogP contribution in [0.2, 0.25) is 0 Å². The first kappa shape index (κ1) is 18.4. The lowest BCUT2D eigenvalue weighted by Gasteiger charge is -2.14. The van der Waals surface area contributed by atoms with Crippen molar-refractivity contribution in [1.29, 1.82) is 0 Å². The molecule has 1 fully saturated rings. The third-order valence-electron chi connectivity index (χ3n) is 3.74. The Bertz CT molecular complexity index is 631. The van der Waals surface area contributed by atoms with Crippen molar-refractivity contribution in [3.8, 4) is 0 Å². The van der Waals surface area contributed by atoms with Crippen LogP contribution in [0.5, 0.6) is 0 Å². The van der Waals surface area contributed by atoms with Gasteiger partial charge in [0.25, 0.3) is 5.91 Å². The summed E-state index contributed by atoms with van der Waals surface area (Å²) >= 11 is 0. The first-order valence-electron chi connectivity index (χ1n) is 8.05. The number of nitrogens with one attached hydrogen (secondary N) is 2. The molecule has 1 heterocycles. The first-order chi connectivity index (χ1) is 12.0. The number of hydrogen-bond donors (Lipinski definition) is 2. The molecule has 0 aliphatic carbocycles. The van der Waals surface area contributed by atoms with Gasteiger partial charge in [0.1, 0.15) is 0 Å². The summed E-state index contributed by atoms with van der Waals surface area (Å²) in [5.74, 6) is -1.25. The number of rotatable bonds is 8. The molecule has 134 valence electrons. The smallest absolute Gasteiger partial charge is 0.324 e. The van der Waals surface area contributed by atoms with Crippen molar-refractivity contribution in [3.05, 3.63) is 35.9 Å². The van der Waals surface area contributed by atoms with Crippen LogP contribution in [0.25, 0.3) is 0 Å². The second-order valence-corrected chi connectivity index (χ2v) is 5.67. The van der Waals surface area contributed by atoms with Gasteiger partial charge in [-0.05, 0) is 18.9 Å². The minimum atomic E-state index is -0.547. The Labute approximate surface area is 145 Å². The maximum absolute atomic E-state index is 11.8. The fraction of sp³-hybridized carbons (Fsp3) is 0.412. The molecule has 0 saturated carbocycles. The molecule has 0 radical (unpaired) electrons. The molecule has 1 aliphatic rings. The Morgan fingerprint density at radius 3 is 2.64 bits per heavy atom. The van der Waals surface area contributed by atoms with E-state index >= 15 is 0 Å². The average Bonchev–Trinajstić information content (AvgIpc) is 2.92. The van der Waals surface area contributed by atoms with Crippen molar-refractivity contribution in [3.63, 3.8) is 0 Å². The van der Waals surface area contributed by atoms with E-state index < -0.39 is 12.0 Å². The normalized spacial score (nSPS) is 14.8. The molecule has 1 saturated heterocycles. The number of imide groups is 1. The van der Waals surface area contributed by atoms with Gasteiger partial charge in [0.15, 0.2) is 6.61 Å². The molecule has 2 N–H and O–H groups in total. The molecule has 0 aromatic heterocycles. The molecule has 1 aromatic carbocycles. The van der Waals surface area contributed by atoms with Crippen LogP contribution in [0.1, 0.15) is 31.4 Å². The van der Waals surface area contributed by atoms with Gasteiger partial charge in [-0.3, -0.25) is 19.3 Å². The number of carbonyl (C=O) groups excluding carboxylic acids is 4. The minimum Gasteiger partial charge on any atom is -0.456 e. The van der Waals surface area contributed by atoms with E-state index in [9.17, 15) is 19.2 Å². The molecule has 2 rings (SSSR count). The molecule has 1 aliphatic heterocycles. The molecule has 1 aromatic rings. The highest BCUT2D eigenvalue weighted by Crippen LogP contribution is 2.10. The van der Waals surface area contributed by atoms with Crippen molar-refractivity contribution in [1.82, 2.24) is 15.5 Å². The van der Waals surface area contributed by atoms with Gasteiger partial charge < -0.3 is 15.4 Å². The average molecular weight is 347 g/mol. The minimum absolute atomic E-state index is 0.0109. The zero-order valence-corrected chi connectivity index (χ0v) is 14.0. The second-order valence-electron chi connectivity index (χ2n) is 5.67. The first-order valence-corrected chi connectivity index (χ1v) is 8.05. The number of nitrogens with zero attached hydrogens (tertiary/aromatic N) is 1.